The molecule has 6 aliphatic rings. The van der Waals surface area contributed by atoms with E-state index in [9.17, 15) is 47.1 Å². The first-order valence-electron chi connectivity index (χ1n) is 30.8. The molecule has 9 atom stereocenters. The van der Waals surface area contributed by atoms with E-state index in [-0.39, 0.29) is 81.6 Å². The van der Waals surface area contributed by atoms with Crippen molar-refractivity contribution in [3.05, 3.63) is 93.2 Å². The molecule has 25 heteroatoms. The zero-order valence-electron chi connectivity index (χ0n) is 52.0. The van der Waals surface area contributed by atoms with Gasteiger partial charge in [0.05, 0.1) is 24.6 Å². The van der Waals surface area contributed by atoms with Crippen LogP contribution in [-0.2, 0) is 68.3 Å². The third-order valence-electron chi connectivity index (χ3n) is 18.8. The number of alkyl carbamates (subject to hydrolysis) is 1. The van der Waals surface area contributed by atoms with Gasteiger partial charge in [-0.15, -0.1) is 0 Å². The maximum absolute atomic E-state index is 14.8. The number of nitrogens with one attached hydrogen (secondary N) is 8. The summed E-state index contributed by atoms with van der Waals surface area (Å²) in [6.07, 6.45) is 4.94. The standard InChI is InChI=1S/C64H85N9O15S/c1-35-23-25-64-46-20-22-50(56(64)87-54-49(84-8)21-19-41(52(54)64)30-44(35)46)86-62(81)73-28-24-42(57(76)66-26-13-12-17-48(59(78)79)71-61(80)85-34-40-15-10-9-11-16-40)29-43(73)32-69-58(77)47(70-51(75)33-68-39(5)74)18-14-27-67-60(65)72-89(82,83)55-37(3)36(2)53-45(38(55)4)31-63(6,7)88-53/h9-11,15-16,19,21-22,35,42-44,46-48,56H,12-14,17-18,20,23-34H2,1-8H3,(H,66,76)(H,68,74)(H,69,77)(H,70,75)(H,71,80)(H,78,79)(H3,65,67,72)/t35?,42?,43?,44-,46-,47-,48-,56-,64-/m0/s1. The van der Waals surface area contributed by atoms with Gasteiger partial charge in [0.25, 0.3) is 10.0 Å². The van der Waals surface area contributed by atoms with Crippen molar-refractivity contribution in [2.45, 2.75) is 172 Å². The number of piperidine rings is 1. The summed E-state index contributed by atoms with van der Waals surface area (Å²) in [7, 11) is -2.64. The highest BCUT2D eigenvalue weighted by atomic mass is 32.2. The highest BCUT2D eigenvalue weighted by Crippen LogP contribution is 2.67. The van der Waals surface area contributed by atoms with Crippen LogP contribution < -0.4 is 50.8 Å². The van der Waals surface area contributed by atoms with Crippen LogP contribution in [0.25, 0.3) is 0 Å². The Labute approximate surface area is 519 Å². The lowest BCUT2D eigenvalue weighted by molar-refractivity contribution is -0.139. The van der Waals surface area contributed by atoms with Gasteiger partial charge in [0.1, 0.15) is 35.8 Å². The number of amides is 6. The molecule has 1 spiro atoms. The number of ether oxygens (including phenoxy) is 5. The van der Waals surface area contributed by atoms with E-state index in [0.717, 1.165) is 36.0 Å². The number of carbonyl (C=O) groups excluding carboxylic acids is 6. The predicted molar refractivity (Wildman–Crippen MR) is 327 cm³/mol. The quantitative estimate of drug-likeness (QED) is 0.0293. The number of benzene rings is 3. The predicted octanol–water partition coefficient (Wildman–Crippen LogP) is 5.74. The number of guanidine groups is 1. The van der Waals surface area contributed by atoms with Gasteiger partial charge < -0.3 is 65.6 Å². The van der Waals surface area contributed by atoms with Crippen molar-refractivity contribution in [2.24, 2.45) is 23.7 Å². The molecule has 1 saturated carbocycles. The number of rotatable bonds is 24. The first-order valence-corrected chi connectivity index (χ1v) is 32.3. The number of hydrogen-bond donors (Lipinski definition) is 9. The monoisotopic (exact) mass is 1250 g/mol. The number of sulfonamides is 1. The maximum Gasteiger partial charge on any atom is 0.415 e. The van der Waals surface area contributed by atoms with E-state index < -0.39 is 99.6 Å². The minimum absolute atomic E-state index is 0.00273. The molecular formula is C64H85N9O15S. The highest BCUT2D eigenvalue weighted by Gasteiger charge is 2.65. The number of carbonyl (C=O) groups is 7. The average molecular weight is 1250 g/mol. The number of carboxylic acids is 1. The van der Waals surface area contributed by atoms with Crippen LogP contribution in [0.2, 0.25) is 0 Å². The Morgan fingerprint density at radius 3 is 2.35 bits per heavy atom. The third kappa shape index (κ3) is 14.3. The molecule has 2 fully saturated rings. The van der Waals surface area contributed by atoms with Gasteiger partial charge in [0.2, 0.25) is 29.6 Å². The summed E-state index contributed by atoms with van der Waals surface area (Å²) in [5.74, 6) is -1.02. The van der Waals surface area contributed by atoms with Crippen LogP contribution in [0.4, 0.5) is 9.59 Å². The van der Waals surface area contributed by atoms with Gasteiger partial charge in [0.15, 0.2) is 17.6 Å². The van der Waals surface area contributed by atoms with E-state index in [0.29, 0.717) is 77.2 Å². The van der Waals surface area contributed by atoms with Crippen molar-refractivity contribution in [1.82, 2.24) is 41.5 Å². The van der Waals surface area contributed by atoms with Crippen LogP contribution in [-0.4, -0.2) is 136 Å². The number of nitrogens with zero attached hydrogens (tertiary/aromatic N) is 1. The summed E-state index contributed by atoms with van der Waals surface area (Å²) in [5, 5.41) is 34.5. The molecule has 3 heterocycles. The third-order valence-corrected chi connectivity index (χ3v) is 20.4. The van der Waals surface area contributed by atoms with Crippen LogP contribution in [0.3, 0.4) is 0 Å². The van der Waals surface area contributed by atoms with E-state index in [4.69, 9.17) is 29.1 Å². The molecule has 0 aromatic heterocycles. The van der Waals surface area contributed by atoms with Gasteiger partial charge in [-0.25, -0.2) is 27.5 Å². The van der Waals surface area contributed by atoms with Crippen LogP contribution in [0.1, 0.15) is 131 Å². The molecule has 3 unspecified atom stereocenters. The molecule has 3 aromatic rings. The summed E-state index contributed by atoms with van der Waals surface area (Å²) in [6, 6.07) is 9.76. The van der Waals surface area contributed by atoms with E-state index in [1.165, 1.54) is 17.4 Å². The Kier molecular flexibility index (Phi) is 20.1. The molecular weight excluding hydrogens is 1170 g/mol. The van der Waals surface area contributed by atoms with Crippen molar-refractivity contribution in [3.8, 4) is 17.2 Å². The van der Waals surface area contributed by atoms with Crippen molar-refractivity contribution in [3.63, 3.8) is 0 Å². The lowest BCUT2D eigenvalue weighted by atomic mass is 9.47. The zero-order valence-corrected chi connectivity index (χ0v) is 52.8. The summed E-state index contributed by atoms with van der Waals surface area (Å²) < 4.78 is 60.6. The van der Waals surface area contributed by atoms with Gasteiger partial charge in [-0.2, -0.15) is 0 Å². The van der Waals surface area contributed by atoms with Crippen molar-refractivity contribution < 1.29 is 70.8 Å². The lowest BCUT2D eigenvalue weighted by Crippen LogP contribution is -2.58. The summed E-state index contributed by atoms with van der Waals surface area (Å²) >= 11 is 0. The summed E-state index contributed by atoms with van der Waals surface area (Å²) in [6.45, 7) is 12.2. The fraction of sp³-hybridized carbons (Fsp3) is 0.562. The first kappa shape index (κ1) is 65.4. The van der Waals surface area contributed by atoms with E-state index in [2.05, 4.69) is 49.6 Å². The van der Waals surface area contributed by atoms with Crippen LogP contribution >= 0.6 is 0 Å². The Bertz CT molecular complexity index is 3390. The van der Waals surface area contributed by atoms with Gasteiger partial charge in [-0.1, -0.05) is 43.3 Å². The highest BCUT2D eigenvalue weighted by molar-refractivity contribution is 7.90. The number of unbranched alkanes of at least 4 members (excludes halogenated alkanes) is 1. The second kappa shape index (κ2) is 27.3. The van der Waals surface area contributed by atoms with Crippen molar-refractivity contribution in [1.29, 1.82) is 5.41 Å². The number of hydrogen-bond acceptors (Lipinski definition) is 15. The molecule has 0 radical (unpaired) electrons. The first-order chi connectivity index (χ1) is 42.3. The fourth-order valence-corrected chi connectivity index (χ4v) is 15.8. The molecule has 89 heavy (non-hydrogen) atoms. The SMILES string of the molecule is COc1ccc2c3c1O[C@H]1C(OC(=O)N4CCC(C(=O)NCCCC[C@H](NC(=O)OCc5ccccc5)C(=O)O)CC4CNC(=O)[C@H](CCCNC(=N)NS(=O)(=O)c4c(C)c(C)c5c(c4C)CC(C)(C)O5)NC(=O)CNC(C)=O)=CC[C@H]4[C@@H](C2)C(C)CC[C@]314. The molecule has 1 saturated heterocycles. The molecule has 3 aliphatic heterocycles. The molecule has 9 N–H and O–H groups in total. The number of carboxylic acid groups (broad SMARTS) is 1. The maximum atomic E-state index is 14.8. The van der Waals surface area contributed by atoms with Crippen LogP contribution in [0.15, 0.2) is 59.2 Å². The molecule has 9 rings (SSSR count). The minimum atomic E-state index is -4.25. The Balaban J connectivity index is 0.862. The van der Waals surface area contributed by atoms with E-state index in [1.807, 2.05) is 32.1 Å². The lowest BCUT2D eigenvalue weighted by Gasteiger charge is -2.56. The Hall–Kier alpha value is -8.09. The van der Waals surface area contributed by atoms with Gasteiger partial charge >= 0.3 is 18.2 Å². The van der Waals surface area contributed by atoms with Crippen LogP contribution in [0, 0.1) is 49.9 Å². The summed E-state index contributed by atoms with van der Waals surface area (Å²) in [4.78, 5) is 94.3. The Morgan fingerprint density at radius 1 is 0.876 bits per heavy atom. The van der Waals surface area contributed by atoms with Crippen LogP contribution in [0.5, 0.6) is 17.2 Å². The van der Waals surface area contributed by atoms with Gasteiger partial charge in [-0.05, 0) is 163 Å². The smallest absolute Gasteiger partial charge is 0.415 e. The Morgan fingerprint density at radius 2 is 1.62 bits per heavy atom. The molecule has 24 nitrogen and oxygen atoms in total. The average Bonchev–Trinajstić information content (AvgIpc) is 1.59. The molecule has 482 valence electrons. The molecule has 3 aliphatic carbocycles. The second-order valence-corrected chi connectivity index (χ2v) is 26.8. The van der Waals surface area contributed by atoms with Gasteiger partial charge in [0, 0.05) is 62.0 Å². The minimum Gasteiger partial charge on any atom is -0.493 e. The zero-order chi connectivity index (χ0) is 64.1. The van der Waals surface area contributed by atoms with Gasteiger partial charge in [-0.3, -0.25) is 24.6 Å². The number of fused-ring (bicyclic) bond motifs is 1. The topological polar surface area (TPSA) is 331 Å². The fourth-order valence-electron chi connectivity index (χ4n) is 14.3. The molecule has 3 aromatic carbocycles. The van der Waals surface area contributed by atoms with Crippen molar-refractivity contribution in [2.75, 3.05) is 39.8 Å². The number of likely N-dealkylation sites (tertiary alicyclic amines) is 1. The summed E-state index contributed by atoms with van der Waals surface area (Å²) in [5.41, 5.74) is 4.64. The van der Waals surface area contributed by atoms with Crippen molar-refractivity contribution >= 4 is 57.8 Å². The van der Waals surface area contributed by atoms with E-state index in [1.54, 1.807) is 52.1 Å². The van der Waals surface area contributed by atoms with E-state index >= 15 is 0 Å². The molecule has 2 bridgehead atoms. The normalized spacial score (nSPS) is 23.0. The number of methoxy groups -OCH3 is 1. The number of aliphatic carboxylic acids is 1. The number of allylic oxidation sites excluding steroid dienone is 1. The largest absolute Gasteiger partial charge is 0.493 e. The second-order valence-electron chi connectivity index (χ2n) is 25.2. The molecule has 6 amide bonds.